The molecule has 0 aromatic carbocycles. The Morgan fingerprint density at radius 1 is 0.357 bits per heavy atom. The van der Waals surface area contributed by atoms with Crippen molar-refractivity contribution in [3.05, 3.63) is 0 Å². The lowest BCUT2D eigenvalue weighted by atomic mass is 9.90. The van der Waals surface area contributed by atoms with E-state index in [0.29, 0.717) is 26.1 Å². The van der Waals surface area contributed by atoms with Crippen LogP contribution >= 0.6 is 0 Å². The molecule has 0 aliphatic rings. The van der Waals surface area contributed by atoms with Gasteiger partial charge in [-0.3, -0.25) is 9.59 Å². The molecule has 5 heteroatoms. The number of carbonyl (C=O) groups is 2. The Balaban J connectivity index is 4.13. The summed E-state index contributed by atoms with van der Waals surface area (Å²) in [5.74, 6) is 2.51. The number of ether oxygens (including phenoxy) is 2. The second-order valence-corrected chi connectivity index (χ2v) is 18.2. The second kappa shape index (κ2) is 43.5. The van der Waals surface area contributed by atoms with Crippen LogP contribution in [0.3, 0.4) is 0 Å². The molecular formula is C51H101NO4. The predicted molar refractivity (Wildman–Crippen MR) is 244 cm³/mol. The summed E-state index contributed by atoms with van der Waals surface area (Å²) in [5, 5.41) is 0. The number of rotatable bonds is 45. The lowest BCUT2D eigenvalue weighted by Crippen LogP contribution is -2.13. The van der Waals surface area contributed by atoms with Crippen LogP contribution < -0.4 is 0 Å². The maximum Gasteiger partial charge on any atom is 0.305 e. The summed E-state index contributed by atoms with van der Waals surface area (Å²) in [4.78, 5) is 27.0. The van der Waals surface area contributed by atoms with E-state index in [2.05, 4.69) is 46.7 Å². The van der Waals surface area contributed by atoms with Gasteiger partial charge in [-0.05, 0) is 83.3 Å². The van der Waals surface area contributed by atoms with Crippen molar-refractivity contribution in [1.82, 2.24) is 4.90 Å². The van der Waals surface area contributed by atoms with Crippen LogP contribution in [0.1, 0.15) is 265 Å². The zero-order valence-electron chi connectivity index (χ0n) is 39.1. The molecule has 0 amide bonds. The van der Waals surface area contributed by atoms with Crippen LogP contribution in [-0.4, -0.2) is 50.7 Å². The van der Waals surface area contributed by atoms with E-state index in [4.69, 9.17) is 9.47 Å². The van der Waals surface area contributed by atoms with Gasteiger partial charge in [0, 0.05) is 12.8 Å². The van der Waals surface area contributed by atoms with E-state index in [9.17, 15) is 9.59 Å². The highest BCUT2D eigenvalue weighted by atomic mass is 16.5. The summed E-state index contributed by atoms with van der Waals surface area (Å²) in [7, 11) is 4.36. The molecular weight excluding hydrogens is 691 g/mol. The molecule has 0 fully saturated rings. The van der Waals surface area contributed by atoms with E-state index in [0.717, 1.165) is 56.3 Å². The average Bonchev–Trinajstić information content (AvgIpc) is 3.18. The van der Waals surface area contributed by atoms with Crippen molar-refractivity contribution in [3.8, 4) is 0 Å². The monoisotopic (exact) mass is 792 g/mol. The zero-order valence-corrected chi connectivity index (χ0v) is 39.1. The van der Waals surface area contributed by atoms with Crippen molar-refractivity contribution in [1.29, 1.82) is 0 Å². The van der Waals surface area contributed by atoms with Crippen LogP contribution in [0.15, 0.2) is 0 Å². The molecule has 0 N–H and O–H groups in total. The van der Waals surface area contributed by atoms with Gasteiger partial charge < -0.3 is 14.4 Å². The lowest BCUT2D eigenvalue weighted by molar-refractivity contribution is -0.144. The molecule has 0 atom stereocenters. The fraction of sp³-hybridized carbons (Fsp3) is 0.961. The first-order valence-electron chi connectivity index (χ1n) is 25.3. The maximum atomic E-state index is 12.4. The van der Waals surface area contributed by atoms with Crippen molar-refractivity contribution in [2.75, 3.05) is 33.9 Å². The van der Waals surface area contributed by atoms with Gasteiger partial charge in [0.05, 0.1) is 13.2 Å². The number of unbranched alkanes of at least 4 members (excludes halogenated alkanes) is 17. The molecule has 0 spiro atoms. The number of hydrogen-bond acceptors (Lipinski definition) is 5. The summed E-state index contributed by atoms with van der Waals surface area (Å²) < 4.78 is 11.3. The minimum absolute atomic E-state index is 0.0149. The molecule has 0 bridgehead atoms. The molecule has 5 nitrogen and oxygen atoms in total. The van der Waals surface area contributed by atoms with Gasteiger partial charge in [0.1, 0.15) is 0 Å². The topological polar surface area (TPSA) is 55.8 Å². The first-order valence-corrected chi connectivity index (χ1v) is 25.3. The largest absolute Gasteiger partial charge is 0.466 e. The van der Waals surface area contributed by atoms with E-state index < -0.39 is 0 Å². The molecule has 0 heterocycles. The van der Waals surface area contributed by atoms with Crippen molar-refractivity contribution >= 4 is 11.9 Å². The Kier molecular flexibility index (Phi) is 42.6. The van der Waals surface area contributed by atoms with E-state index in [1.165, 1.54) is 193 Å². The number of esters is 2. The van der Waals surface area contributed by atoms with Crippen molar-refractivity contribution in [2.24, 2.45) is 17.8 Å². The average molecular weight is 792 g/mol. The smallest absolute Gasteiger partial charge is 0.305 e. The Labute approximate surface area is 351 Å². The summed E-state index contributed by atoms with van der Waals surface area (Å²) in [6, 6.07) is 0. The Morgan fingerprint density at radius 3 is 0.946 bits per heavy atom. The third kappa shape index (κ3) is 39.7. The Hall–Kier alpha value is -1.10. The molecule has 334 valence electrons. The molecule has 0 aromatic rings. The van der Waals surface area contributed by atoms with Gasteiger partial charge in [-0.2, -0.15) is 0 Å². The number of nitrogens with zero attached hydrogens (tertiary/aromatic N) is 1. The van der Waals surface area contributed by atoms with Crippen molar-refractivity contribution in [2.45, 2.75) is 265 Å². The summed E-state index contributed by atoms with van der Waals surface area (Å²) in [6.07, 6.45) is 45.7. The van der Waals surface area contributed by atoms with E-state index >= 15 is 0 Å². The SMILES string of the molecule is CCCCCC(CCCCC)CCCOC(=O)CCCCCCCC(CCCCCCCC(=O)OCCCC(CCCCC)CCCCC)CCCCN(C)C. The van der Waals surface area contributed by atoms with Crippen molar-refractivity contribution < 1.29 is 19.1 Å². The third-order valence-corrected chi connectivity index (χ3v) is 12.4. The minimum atomic E-state index is 0.0149. The number of carbonyl (C=O) groups excluding carboxylic acids is 2. The lowest BCUT2D eigenvalue weighted by Gasteiger charge is -2.18. The first-order chi connectivity index (χ1) is 27.4. The van der Waals surface area contributed by atoms with E-state index in [1.54, 1.807) is 0 Å². The molecule has 0 saturated carbocycles. The first kappa shape index (κ1) is 54.9. The van der Waals surface area contributed by atoms with Gasteiger partial charge in [-0.1, -0.05) is 207 Å². The third-order valence-electron chi connectivity index (χ3n) is 12.4. The van der Waals surface area contributed by atoms with Crippen molar-refractivity contribution in [3.63, 3.8) is 0 Å². The Morgan fingerprint density at radius 2 is 0.625 bits per heavy atom. The summed E-state index contributed by atoms with van der Waals surface area (Å²) in [6.45, 7) is 11.5. The highest BCUT2D eigenvalue weighted by Crippen LogP contribution is 2.26. The molecule has 0 aromatic heterocycles. The minimum Gasteiger partial charge on any atom is -0.466 e. The van der Waals surface area contributed by atoms with Crippen LogP contribution in [0, 0.1) is 17.8 Å². The molecule has 0 aliphatic heterocycles. The Bertz CT molecular complexity index is 738. The highest BCUT2D eigenvalue weighted by Gasteiger charge is 2.12. The quantitative estimate of drug-likeness (QED) is 0.0454. The standard InChI is InChI=1S/C51H101NO4/c1-7-11-21-33-48(34-22-12-8-2)40-31-45-55-50(53)42-27-19-15-17-25-37-47(39-29-30-44-52(5)6)38-26-18-16-20-28-43-51(54)56-46-32-41-49(35-23-13-9-3)36-24-14-10-4/h47-49H,7-46H2,1-6H3. The van der Waals surface area contributed by atoms with E-state index in [-0.39, 0.29) is 11.9 Å². The molecule has 0 radical (unpaired) electrons. The van der Waals surface area contributed by atoms with Crippen LogP contribution in [0.2, 0.25) is 0 Å². The zero-order chi connectivity index (χ0) is 41.2. The fourth-order valence-corrected chi connectivity index (χ4v) is 8.62. The van der Waals surface area contributed by atoms with Crippen LogP contribution in [0.4, 0.5) is 0 Å². The molecule has 56 heavy (non-hydrogen) atoms. The molecule has 0 rings (SSSR count). The molecule has 0 aliphatic carbocycles. The summed E-state index contributed by atoms with van der Waals surface area (Å²) >= 11 is 0. The maximum absolute atomic E-state index is 12.4. The van der Waals surface area contributed by atoms with Gasteiger partial charge >= 0.3 is 11.9 Å². The molecule has 0 unspecified atom stereocenters. The molecule has 0 saturated heterocycles. The highest BCUT2D eigenvalue weighted by molar-refractivity contribution is 5.69. The second-order valence-electron chi connectivity index (χ2n) is 18.2. The van der Waals surface area contributed by atoms with Crippen LogP contribution in [-0.2, 0) is 19.1 Å². The van der Waals surface area contributed by atoms with Gasteiger partial charge in [0.2, 0.25) is 0 Å². The van der Waals surface area contributed by atoms with Gasteiger partial charge in [0.25, 0.3) is 0 Å². The van der Waals surface area contributed by atoms with Gasteiger partial charge in [0.15, 0.2) is 0 Å². The number of hydrogen-bond donors (Lipinski definition) is 0. The fourth-order valence-electron chi connectivity index (χ4n) is 8.62. The van der Waals surface area contributed by atoms with Gasteiger partial charge in [-0.15, -0.1) is 0 Å². The summed E-state index contributed by atoms with van der Waals surface area (Å²) in [5.41, 5.74) is 0. The predicted octanol–water partition coefficient (Wildman–Crippen LogP) is 16.0. The van der Waals surface area contributed by atoms with E-state index in [1.807, 2.05) is 0 Å². The van der Waals surface area contributed by atoms with Crippen LogP contribution in [0.25, 0.3) is 0 Å². The normalized spacial score (nSPS) is 11.8. The van der Waals surface area contributed by atoms with Crippen LogP contribution in [0.5, 0.6) is 0 Å². The van der Waals surface area contributed by atoms with Gasteiger partial charge in [-0.25, -0.2) is 0 Å².